The van der Waals surface area contributed by atoms with Crippen LogP contribution < -0.4 is 9.67 Å². The van der Waals surface area contributed by atoms with E-state index in [1.807, 2.05) is 30.3 Å². The number of aliphatic carboxylic acids is 1. The lowest BCUT2D eigenvalue weighted by Crippen LogP contribution is -2.26. The number of aryl methyl sites for hydroxylation is 1. The Labute approximate surface area is 95.0 Å². The van der Waals surface area contributed by atoms with E-state index in [0.29, 0.717) is 0 Å². The summed E-state index contributed by atoms with van der Waals surface area (Å²) >= 11 is 0. The molecule has 0 saturated carbocycles. The number of carbonyl (C=O) groups is 1. The molecule has 0 N–H and O–H groups in total. The van der Waals surface area contributed by atoms with Crippen LogP contribution in [-0.2, 0) is 27.9 Å². The first-order chi connectivity index (χ1) is 7.60. The molecular formula is C10H18N2O4. The molecular weight excluding hydrogens is 212 g/mol. The van der Waals surface area contributed by atoms with Crippen molar-refractivity contribution >= 4 is 5.97 Å². The lowest BCUT2D eigenvalue weighted by Gasteiger charge is -1.94. The predicted octanol–water partition coefficient (Wildman–Crippen LogP) is -1.66. The number of hydrogen-bond donors (Lipinski definition) is 0. The van der Waals surface area contributed by atoms with Crippen LogP contribution in [0.3, 0.4) is 0 Å². The maximum atomic E-state index is 9.36. The molecule has 1 heterocycles. The average molecular weight is 230 g/mol. The SMILES string of the molecule is COCC(=O)[O-].COCCn1cc[n+](C)c1. The van der Waals surface area contributed by atoms with E-state index in [4.69, 9.17) is 4.74 Å². The average Bonchev–Trinajstić information content (AvgIpc) is 2.62. The number of carboxylic acids is 1. The highest BCUT2D eigenvalue weighted by molar-refractivity contribution is 5.65. The molecule has 0 unspecified atom stereocenters. The summed E-state index contributed by atoms with van der Waals surface area (Å²) < 4.78 is 13.2. The number of ether oxygens (including phenoxy) is 2. The van der Waals surface area contributed by atoms with E-state index < -0.39 is 5.97 Å². The third-order valence-corrected chi connectivity index (χ3v) is 1.64. The van der Waals surface area contributed by atoms with Crippen molar-refractivity contribution in [2.45, 2.75) is 6.54 Å². The molecule has 0 bridgehead atoms. The standard InChI is InChI=1S/C7H13N2O.C3H6O3/c1-8-3-4-9(7-8)5-6-10-2;1-6-2-3(4)5/h3-4,7H,5-6H2,1-2H3;2H2,1H3,(H,4,5)/q+1;/p-1. The highest BCUT2D eigenvalue weighted by atomic mass is 16.5. The second kappa shape index (κ2) is 8.87. The first-order valence-electron chi connectivity index (χ1n) is 4.79. The van der Waals surface area contributed by atoms with Crippen molar-refractivity contribution in [3.8, 4) is 0 Å². The Bertz CT molecular complexity index is 299. The van der Waals surface area contributed by atoms with Crippen molar-refractivity contribution in [3.63, 3.8) is 0 Å². The van der Waals surface area contributed by atoms with E-state index in [2.05, 4.69) is 9.30 Å². The van der Waals surface area contributed by atoms with Gasteiger partial charge in [0, 0.05) is 14.2 Å². The van der Waals surface area contributed by atoms with E-state index >= 15 is 0 Å². The Hall–Kier alpha value is -1.40. The molecule has 0 saturated heterocycles. The van der Waals surface area contributed by atoms with E-state index in [1.54, 1.807) is 7.11 Å². The molecule has 6 heteroatoms. The van der Waals surface area contributed by atoms with Crippen LogP contribution in [0.2, 0.25) is 0 Å². The van der Waals surface area contributed by atoms with Gasteiger partial charge in [-0.25, -0.2) is 9.13 Å². The topological polar surface area (TPSA) is 67.4 Å². The largest absolute Gasteiger partial charge is 0.548 e. The molecule has 0 fully saturated rings. The van der Waals surface area contributed by atoms with Gasteiger partial charge in [-0.2, -0.15) is 0 Å². The summed E-state index contributed by atoms with van der Waals surface area (Å²) in [6.07, 6.45) is 6.06. The molecule has 0 aliphatic carbocycles. The number of hydrogen-bond acceptors (Lipinski definition) is 4. The van der Waals surface area contributed by atoms with E-state index in [0.717, 1.165) is 13.2 Å². The number of carbonyl (C=O) groups excluding carboxylic acids is 1. The molecule has 0 amide bonds. The van der Waals surface area contributed by atoms with Crippen LogP contribution in [0.5, 0.6) is 0 Å². The fourth-order valence-electron chi connectivity index (χ4n) is 0.949. The lowest BCUT2D eigenvalue weighted by atomic mass is 10.7. The third kappa shape index (κ3) is 7.95. The molecule has 0 atom stereocenters. The zero-order chi connectivity index (χ0) is 12.4. The van der Waals surface area contributed by atoms with Crippen molar-refractivity contribution in [1.82, 2.24) is 4.57 Å². The van der Waals surface area contributed by atoms with Crippen LogP contribution in [-0.4, -0.2) is 38.0 Å². The van der Waals surface area contributed by atoms with Gasteiger partial charge in [-0.1, -0.05) is 0 Å². The Kier molecular flexibility index (Phi) is 8.10. The van der Waals surface area contributed by atoms with Crippen LogP contribution in [0, 0.1) is 0 Å². The molecule has 0 aliphatic rings. The van der Waals surface area contributed by atoms with Gasteiger partial charge >= 0.3 is 0 Å². The van der Waals surface area contributed by atoms with Gasteiger partial charge in [-0.05, 0) is 0 Å². The second-order valence-corrected chi connectivity index (χ2v) is 3.11. The molecule has 0 aliphatic heterocycles. The zero-order valence-corrected chi connectivity index (χ0v) is 9.88. The summed E-state index contributed by atoms with van der Waals surface area (Å²) in [5.41, 5.74) is 0. The van der Waals surface area contributed by atoms with Crippen LogP contribution in [0.25, 0.3) is 0 Å². The van der Waals surface area contributed by atoms with Gasteiger partial charge in [0.1, 0.15) is 18.9 Å². The molecule has 6 nitrogen and oxygen atoms in total. The van der Waals surface area contributed by atoms with Crippen molar-refractivity contribution in [1.29, 1.82) is 0 Å². The Morgan fingerprint density at radius 2 is 2.12 bits per heavy atom. The summed E-state index contributed by atoms with van der Waals surface area (Å²) in [5, 5.41) is 9.36. The van der Waals surface area contributed by atoms with Crippen LogP contribution in [0.4, 0.5) is 0 Å². The van der Waals surface area contributed by atoms with Gasteiger partial charge in [0.25, 0.3) is 0 Å². The van der Waals surface area contributed by atoms with Crippen molar-refractivity contribution in [3.05, 3.63) is 18.7 Å². The van der Waals surface area contributed by atoms with Crippen molar-refractivity contribution in [2.75, 3.05) is 27.4 Å². The number of imidazole rings is 1. The number of carboxylic acid groups (broad SMARTS) is 1. The van der Waals surface area contributed by atoms with E-state index in [9.17, 15) is 9.90 Å². The van der Waals surface area contributed by atoms with Crippen LogP contribution in [0.15, 0.2) is 18.7 Å². The number of aromatic nitrogens is 2. The lowest BCUT2D eigenvalue weighted by molar-refractivity contribution is -0.671. The first-order valence-corrected chi connectivity index (χ1v) is 4.79. The monoisotopic (exact) mass is 230 g/mol. The summed E-state index contributed by atoms with van der Waals surface area (Å²) in [7, 11) is 5.02. The molecule has 0 spiro atoms. The predicted molar refractivity (Wildman–Crippen MR) is 54.4 cm³/mol. The van der Waals surface area contributed by atoms with Gasteiger partial charge < -0.3 is 19.4 Å². The molecule has 1 aromatic rings. The molecule has 92 valence electrons. The normalized spacial score (nSPS) is 9.44. The van der Waals surface area contributed by atoms with Gasteiger partial charge in [0.05, 0.1) is 26.2 Å². The molecule has 0 aromatic carbocycles. The third-order valence-electron chi connectivity index (χ3n) is 1.64. The molecule has 0 radical (unpaired) electrons. The van der Waals surface area contributed by atoms with Gasteiger partial charge in [-0.3, -0.25) is 0 Å². The minimum absolute atomic E-state index is 0.319. The zero-order valence-electron chi connectivity index (χ0n) is 9.88. The van der Waals surface area contributed by atoms with Crippen LogP contribution >= 0.6 is 0 Å². The quantitative estimate of drug-likeness (QED) is 0.568. The number of methoxy groups -OCH3 is 2. The Morgan fingerprint density at radius 3 is 2.44 bits per heavy atom. The summed E-state index contributed by atoms with van der Waals surface area (Å²) in [6.45, 7) is 1.38. The minimum atomic E-state index is -1.18. The maximum absolute atomic E-state index is 9.36. The summed E-state index contributed by atoms with van der Waals surface area (Å²) in [6, 6.07) is 0. The second-order valence-electron chi connectivity index (χ2n) is 3.11. The van der Waals surface area contributed by atoms with Crippen LogP contribution in [0.1, 0.15) is 0 Å². The Morgan fingerprint density at radius 1 is 1.44 bits per heavy atom. The minimum Gasteiger partial charge on any atom is -0.548 e. The number of rotatable bonds is 5. The fraction of sp³-hybridized carbons (Fsp3) is 0.600. The Balaban J connectivity index is 0.000000325. The van der Waals surface area contributed by atoms with E-state index in [-0.39, 0.29) is 6.61 Å². The van der Waals surface area contributed by atoms with Gasteiger partial charge in [0.15, 0.2) is 0 Å². The van der Waals surface area contributed by atoms with Gasteiger partial charge in [-0.15, -0.1) is 0 Å². The van der Waals surface area contributed by atoms with Gasteiger partial charge in [0.2, 0.25) is 6.33 Å². The maximum Gasteiger partial charge on any atom is 0.243 e. The first kappa shape index (κ1) is 14.6. The summed E-state index contributed by atoms with van der Waals surface area (Å²) in [5.74, 6) is -1.18. The highest BCUT2D eigenvalue weighted by Gasteiger charge is 1.96. The summed E-state index contributed by atoms with van der Waals surface area (Å²) in [4.78, 5) is 9.36. The smallest absolute Gasteiger partial charge is 0.243 e. The van der Waals surface area contributed by atoms with Crippen molar-refractivity contribution in [2.24, 2.45) is 7.05 Å². The highest BCUT2D eigenvalue weighted by Crippen LogP contribution is 1.82. The van der Waals surface area contributed by atoms with Crippen molar-refractivity contribution < 1.29 is 23.9 Å². The molecule has 1 aromatic heterocycles. The molecule has 1 rings (SSSR count). The fourth-order valence-corrected chi connectivity index (χ4v) is 0.949. The van der Waals surface area contributed by atoms with E-state index in [1.165, 1.54) is 7.11 Å². The molecule has 16 heavy (non-hydrogen) atoms. The number of nitrogens with zero attached hydrogens (tertiary/aromatic N) is 2.